The van der Waals surface area contributed by atoms with E-state index in [1.807, 2.05) is 67.6 Å². The van der Waals surface area contributed by atoms with Gasteiger partial charge in [-0.05, 0) is 18.1 Å². The van der Waals surface area contributed by atoms with Gasteiger partial charge in [-0.2, -0.15) is 0 Å². The number of benzene rings is 2. The minimum atomic E-state index is -0.808. The zero-order valence-corrected chi connectivity index (χ0v) is 14.5. The average Bonchev–Trinajstić information content (AvgIpc) is 2.67. The molecule has 0 aliphatic carbocycles. The summed E-state index contributed by atoms with van der Waals surface area (Å²) in [5, 5.41) is 11.4. The van der Waals surface area contributed by atoms with Crippen LogP contribution in [0.1, 0.15) is 18.1 Å². The summed E-state index contributed by atoms with van der Waals surface area (Å²) in [5.74, 6) is 0. The maximum absolute atomic E-state index is 11.4. The molecule has 1 aliphatic rings. The Balaban J connectivity index is 1.74. The van der Waals surface area contributed by atoms with Crippen molar-refractivity contribution in [3.8, 4) is 0 Å². The molecule has 0 bridgehead atoms. The second kappa shape index (κ2) is 8.60. The van der Waals surface area contributed by atoms with Crippen LogP contribution in [0.2, 0.25) is 0 Å². The molecule has 136 valence electrons. The molecule has 6 nitrogen and oxygen atoms in total. The van der Waals surface area contributed by atoms with Crippen molar-refractivity contribution in [1.82, 2.24) is 0 Å². The fourth-order valence-electron chi connectivity index (χ4n) is 2.81. The van der Waals surface area contributed by atoms with Crippen molar-refractivity contribution in [2.24, 2.45) is 0 Å². The minimum Gasteiger partial charge on any atom is -0.489 e. The van der Waals surface area contributed by atoms with Gasteiger partial charge in [0.1, 0.15) is 12.2 Å². The van der Waals surface area contributed by atoms with Gasteiger partial charge in [-0.1, -0.05) is 60.7 Å². The number of ether oxygens (including phenoxy) is 3. The van der Waals surface area contributed by atoms with Crippen LogP contribution in [-0.2, 0) is 27.4 Å². The van der Waals surface area contributed by atoms with E-state index < -0.39 is 17.1 Å². The fraction of sp³-hybridized carbons (Fsp3) is 0.300. The lowest BCUT2D eigenvalue weighted by atomic mass is 10.0. The van der Waals surface area contributed by atoms with Crippen molar-refractivity contribution in [2.75, 3.05) is 0 Å². The summed E-state index contributed by atoms with van der Waals surface area (Å²) in [4.78, 5) is 11.0. The quantitative estimate of drug-likeness (QED) is 0.559. The predicted molar refractivity (Wildman–Crippen MR) is 95.7 cm³/mol. The first kappa shape index (κ1) is 18.1. The molecule has 0 aromatic heterocycles. The van der Waals surface area contributed by atoms with E-state index in [0.29, 0.717) is 6.61 Å². The van der Waals surface area contributed by atoms with Crippen molar-refractivity contribution >= 4 is 0 Å². The van der Waals surface area contributed by atoms with Crippen LogP contribution in [0.5, 0.6) is 0 Å². The Labute approximate surface area is 152 Å². The highest BCUT2D eigenvalue weighted by atomic mass is 16.6. The Kier molecular flexibility index (Phi) is 5.99. The molecule has 1 heterocycles. The molecule has 2 aromatic rings. The largest absolute Gasteiger partial charge is 0.489 e. The maximum atomic E-state index is 11.4. The molecule has 6 heteroatoms. The molecule has 0 fully saturated rings. The van der Waals surface area contributed by atoms with Gasteiger partial charge in [0, 0.05) is 0 Å². The Morgan fingerprint density at radius 3 is 2.04 bits per heavy atom. The molecule has 0 spiro atoms. The molecule has 0 unspecified atom stereocenters. The van der Waals surface area contributed by atoms with Gasteiger partial charge in [0.25, 0.3) is 0 Å². The summed E-state index contributed by atoms with van der Waals surface area (Å²) in [7, 11) is 0. The van der Waals surface area contributed by atoms with Gasteiger partial charge >= 0.3 is 5.70 Å². The standard InChI is InChI=1S/C20H21NO5/c1-15-19(25-12-16-8-4-2-5-9-16)20(18(14-24-15)21(22)23)26-13-17-10-6-3-7-11-17/h2-11,14-15,19-20H,12-13H2,1H3/t15-,19-,20-/m1/s1. The van der Waals surface area contributed by atoms with Crippen LogP contribution < -0.4 is 0 Å². The molecule has 0 amide bonds. The Morgan fingerprint density at radius 2 is 1.50 bits per heavy atom. The number of hydrogen-bond donors (Lipinski definition) is 0. The number of nitro groups is 1. The molecule has 0 saturated carbocycles. The lowest BCUT2D eigenvalue weighted by molar-refractivity contribution is -0.446. The van der Waals surface area contributed by atoms with E-state index in [-0.39, 0.29) is 18.4 Å². The lowest BCUT2D eigenvalue weighted by Crippen LogP contribution is -2.46. The molecule has 2 aromatic carbocycles. The van der Waals surface area contributed by atoms with Gasteiger partial charge < -0.3 is 14.2 Å². The molecule has 26 heavy (non-hydrogen) atoms. The summed E-state index contributed by atoms with van der Waals surface area (Å²) in [6.07, 6.45) is -0.576. The number of nitrogens with zero attached hydrogens (tertiary/aromatic N) is 1. The van der Waals surface area contributed by atoms with Crippen LogP contribution in [0, 0.1) is 10.1 Å². The molecule has 1 aliphatic heterocycles. The van der Waals surface area contributed by atoms with Gasteiger partial charge in [0.05, 0.1) is 18.1 Å². The van der Waals surface area contributed by atoms with E-state index in [9.17, 15) is 10.1 Å². The minimum absolute atomic E-state index is 0.128. The normalized spacial score (nSPS) is 22.3. The van der Waals surface area contributed by atoms with Crippen LogP contribution in [0.3, 0.4) is 0 Å². The lowest BCUT2D eigenvalue weighted by Gasteiger charge is -2.32. The molecule has 0 radical (unpaired) electrons. The first-order chi connectivity index (χ1) is 12.6. The van der Waals surface area contributed by atoms with Crippen LogP contribution >= 0.6 is 0 Å². The third-order valence-electron chi connectivity index (χ3n) is 4.22. The first-order valence-electron chi connectivity index (χ1n) is 8.46. The first-order valence-corrected chi connectivity index (χ1v) is 8.46. The van der Waals surface area contributed by atoms with E-state index in [4.69, 9.17) is 14.2 Å². The SMILES string of the molecule is C[C@H]1OC=C([N+](=O)[O-])[C@@H](OCc2ccccc2)[C@@H]1OCc1ccccc1. The summed E-state index contributed by atoms with van der Waals surface area (Å²) in [6.45, 7) is 2.41. The highest BCUT2D eigenvalue weighted by Gasteiger charge is 2.42. The Hall–Kier alpha value is -2.70. The highest BCUT2D eigenvalue weighted by molar-refractivity contribution is 5.15. The van der Waals surface area contributed by atoms with E-state index in [1.54, 1.807) is 0 Å². The van der Waals surface area contributed by atoms with E-state index in [2.05, 4.69) is 0 Å². The topological polar surface area (TPSA) is 70.8 Å². The second-order valence-corrected chi connectivity index (χ2v) is 6.12. The predicted octanol–water partition coefficient (Wildman–Crippen LogP) is 3.69. The zero-order chi connectivity index (χ0) is 18.4. The van der Waals surface area contributed by atoms with Gasteiger partial charge in [0.15, 0.2) is 12.4 Å². The van der Waals surface area contributed by atoms with Crippen LogP contribution in [-0.4, -0.2) is 23.2 Å². The molecule has 3 atom stereocenters. The van der Waals surface area contributed by atoms with Crippen molar-refractivity contribution < 1.29 is 19.1 Å². The van der Waals surface area contributed by atoms with Crippen LogP contribution in [0.15, 0.2) is 72.6 Å². The van der Waals surface area contributed by atoms with Crippen molar-refractivity contribution in [2.45, 2.75) is 38.4 Å². The van der Waals surface area contributed by atoms with Gasteiger partial charge in [0.2, 0.25) is 0 Å². The molecule has 0 saturated heterocycles. The monoisotopic (exact) mass is 355 g/mol. The third kappa shape index (κ3) is 4.47. The summed E-state index contributed by atoms with van der Waals surface area (Å²) < 4.78 is 17.3. The van der Waals surface area contributed by atoms with Crippen LogP contribution in [0.4, 0.5) is 0 Å². The second-order valence-electron chi connectivity index (χ2n) is 6.12. The average molecular weight is 355 g/mol. The highest BCUT2D eigenvalue weighted by Crippen LogP contribution is 2.26. The van der Waals surface area contributed by atoms with Crippen molar-refractivity contribution in [3.05, 3.63) is 93.9 Å². The smallest absolute Gasteiger partial charge is 0.311 e. The van der Waals surface area contributed by atoms with Gasteiger partial charge in [-0.15, -0.1) is 0 Å². The summed E-state index contributed by atoms with van der Waals surface area (Å²) in [5.41, 5.74) is 1.80. The molecule has 3 rings (SSSR count). The van der Waals surface area contributed by atoms with E-state index in [1.165, 1.54) is 6.26 Å². The molecular weight excluding hydrogens is 334 g/mol. The third-order valence-corrected chi connectivity index (χ3v) is 4.22. The summed E-state index contributed by atoms with van der Waals surface area (Å²) >= 11 is 0. The van der Waals surface area contributed by atoms with E-state index in [0.717, 1.165) is 11.1 Å². The van der Waals surface area contributed by atoms with E-state index >= 15 is 0 Å². The van der Waals surface area contributed by atoms with Gasteiger partial charge in [-0.3, -0.25) is 10.1 Å². The Morgan fingerprint density at radius 1 is 0.962 bits per heavy atom. The maximum Gasteiger partial charge on any atom is 0.311 e. The Bertz CT molecular complexity index is 747. The van der Waals surface area contributed by atoms with Gasteiger partial charge in [-0.25, -0.2) is 0 Å². The number of hydrogen-bond acceptors (Lipinski definition) is 5. The van der Waals surface area contributed by atoms with Crippen molar-refractivity contribution in [3.63, 3.8) is 0 Å². The number of rotatable bonds is 7. The summed E-state index contributed by atoms with van der Waals surface area (Å²) in [6, 6.07) is 19.2. The zero-order valence-electron chi connectivity index (χ0n) is 14.5. The fourth-order valence-corrected chi connectivity index (χ4v) is 2.81. The van der Waals surface area contributed by atoms with Crippen LogP contribution in [0.25, 0.3) is 0 Å². The van der Waals surface area contributed by atoms with Crippen molar-refractivity contribution in [1.29, 1.82) is 0 Å². The molecular formula is C20H21NO5. The molecule has 0 N–H and O–H groups in total.